The van der Waals surface area contributed by atoms with Crippen molar-refractivity contribution in [1.29, 1.82) is 0 Å². The van der Waals surface area contributed by atoms with Crippen LogP contribution in [0.15, 0.2) is 46.9 Å². The molecule has 1 unspecified atom stereocenters. The summed E-state index contributed by atoms with van der Waals surface area (Å²) in [7, 11) is -2.89. The van der Waals surface area contributed by atoms with Gasteiger partial charge in [-0.25, -0.2) is 18.9 Å². The Bertz CT molecular complexity index is 926. The maximum absolute atomic E-state index is 14.2. The van der Waals surface area contributed by atoms with Crippen molar-refractivity contribution in [3.05, 3.63) is 42.0 Å². The lowest BCUT2D eigenvalue weighted by Gasteiger charge is -2.54. The van der Waals surface area contributed by atoms with Crippen molar-refractivity contribution in [3.8, 4) is 0 Å². The van der Waals surface area contributed by atoms with E-state index in [1.165, 1.54) is 0 Å². The fourth-order valence-electron chi connectivity index (χ4n) is 3.83. The average molecular weight is 500 g/mol. The van der Waals surface area contributed by atoms with Crippen molar-refractivity contribution in [2.75, 3.05) is 26.5 Å². The minimum absolute atomic E-state index is 0.150. The van der Waals surface area contributed by atoms with E-state index in [0.29, 0.717) is 11.3 Å². The van der Waals surface area contributed by atoms with Crippen molar-refractivity contribution in [1.82, 2.24) is 9.03 Å². The highest BCUT2D eigenvalue weighted by atomic mass is 32.3. The molecule has 188 valence electrons. The SMILES string of the molecule is CCOC(=O)[C@@H](NS(=O)(=O)C(C)(C)C)[C@@H]1CCCCC=C1CS([O-])(c1ccccc1)N(C)C. The molecule has 0 saturated carbocycles. The van der Waals surface area contributed by atoms with E-state index >= 15 is 0 Å². The molecule has 0 aliphatic heterocycles. The van der Waals surface area contributed by atoms with Crippen LogP contribution in [-0.2, 0) is 19.6 Å². The molecule has 0 aromatic heterocycles. The highest BCUT2D eigenvalue weighted by Crippen LogP contribution is 2.55. The zero-order valence-corrected chi connectivity index (χ0v) is 22.3. The molecule has 0 radical (unpaired) electrons. The number of esters is 1. The van der Waals surface area contributed by atoms with Crippen molar-refractivity contribution in [2.24, 2.45) is 5.92 Å². The maximum atomic E-state index is 14.2. The average Bonchev–Trinajstić information content (AvgIpc) is 2.97. The van der Waals surface area contributed by atoms with Crippen molar-refractivity contribution < 1.29 is 22.5 Å². The number of benzene rings is 1. The first kappa shape index (κ1) is 27.9. The standard InChI is InChI=1S/C24H40N2O5S2/c1-7-31-23(27)22(25-33(29,30)24(2,3)4)21-17-13-8-10-14-19(21)18-32(28,26(5)6)20-15-11-9-12-16-20/h9,11-12,14-16,21-22,25,28H,7-8,10,13,17-18H2,1-6H3/p-1/t21-,22+/m1/s1. The molecule has 9 heteroatoms. The topological polar surface area (TPSA) is 98.8 Å². The van der Waals surface area contributed by atoms with Gasteiger partial charge in [-0.3, -0.25) is 9.10 Å². The minimum Gasteiger partial charge on any atom is -0.797 e. The van der Waals surface area contributed by atoms with Crippen LogP contribution in [0.2, 0.25) is 0 Å². The normalized spacial score (nSPS) is 21.5. The minimum atomic E-state index is -3.82. The Labute approximate surface area is 201 Å². The van der Waals surface area contributed by atoms with Crippen LogP contribution in [0.25, 0.3) is 0 Å². The Morgan fingerprint density at radius 1 is 1.21 bits per heavy atom. The third-order valence-corrected chi connectivity index (χ3v) is 11.0. The number of carbonyl (C=O) groups excluding carboxylic acids is 1. The zero-order chi connectivity index (χ0) is 24.9. The van der Waals surface area contributed by atoms with Crippen molar-refractivity contribution >= 4 is 26.5 Å². The summed E-state index contributed by atoms with van der Waals surface area (Å²) >= 11 is 0. The molecule has 0 heterocycles. The Morgan fingerprint density at radius 2 is 1.85 bits per heavy atom. The molecule has 1 aliphatic carbocycles. The van der Waals surface area contributed by atoms with E-state index in [0.717, 1.165) is 24.8 Å². The first-order chi connectivity index (χ1) is 15.3. The second kappa shape index (κ2) is 11.4. The summed E-state index contributed by atoms with van der Waals surface area (Å²) in [4.78, 5) is 13.7. The van der Waals surface area contributed by atoms with Gasteiger partial charge in [0, 0.05) is 11.7 Å². The Morgan fingerprint density at radius 3 is 2.39 bits per heavy atom. The lowest BCUT2D eigenvalue weighted by molar-refractivity contribution is -0.146. The first-order valence-corrected chi connectivity index (χ1v) is 14.6. The van der Waals surface area contributed by atoms with Gasteiger partial charge in [0.1, 0.15) is 6.04 Å². The molecule has 0 fully saturated rings. The van der Waals surface area contributed by atoms with Gasteiger partial charge in [-0.2, -0.15) is 4.72 Å². The Balaban J connectivity index is 2.51. The van der Waals surface area contributed by atoms with Gasteiger partial charge in [0.15, 0.2) is 0 Å². The second-order valence-corrected chi connectivity index (χ2v) is 14.8. The summed E-state index contributed by atoms with van der Waals surface area (Å²) in [6.45, 7) is 6.63. The molecule has 0 spiro atoms. The Hall–Kier alpha value is -1.39. The van der Waals surface area contributed by atoms with Gasteiger partial charge in [-0.1, -0.05) is 36.3 Å². The monoisotopic (exact) mass is 499 g/mol. The maximum Gasteiger partial charge on any atom is 0.324 e. The molecule has 7 nitrogen and oxygen atoms in total. The van der Waals surface area contributed by atoms with Gasteiger partial charge >= 0.3 is 5.97 Å². The predicted octanol–water partition coefficient (Wildman–Crippen LogP) is 4.22. The van der Waals surface area contributed by atoms with Crippen LogP contribution < -0.4 is 4.72 Å². The highest BCUT2D eigenvalue weighted by molar-refractivity contribution is 8.27. The van der Waals surface area contributed by atoms with Gasteiger partial charge in [0.05, 0.1) is 11.4 Å². The number of allylic oxidation sites excluding steroid dienone is 1. The summed E-state index contributed by atoms with van der Waals surface area (Å²) in [5, 5.41) is 0. The molecule has 33 heavy (non-hydrogen) atoms. The van der Waals surface area contributed by atoms with E-state index in [9.17, 15) is 17.8 Å². The lowest BCUT2D eigenvalue weighted by Crippen LogP contribution is -2.52. The molecule has 0 bridgehead atoms. The number of rotatable bonds is 9. The van der Waals surface area contributed by atoms with Crippen LogP contribution >= 0.6 is 10.5 Å². The van der Waals surface area contributed by atoms with E-state index in [-0.39, 0.29) is 12.4 Å². The summed E-state index contributed by atoms with van der Waals surface area (Å²) in [6.07, 6.45) is 5.22. The van der Waals surface area contributed by atoms with Crippen molar-refractivity contribution in [3.63, 3.8) is 0 Å². The van der Waals surface area contributed by atoms with Crippen LogP contribution in [0.1, 0.15) is 53.4 Å². The van der Waals surface area contributed by atoms with Gasteiger partial charge in [0.25, 0.3) is 0 Å². The molecule has 1 N–H and O–H groups in total. The Kier molecular flexibility index (Phi) is 9.59. The number of hydrogen-bond donors (Lipinski definition) is 1. The van der Waals surface area contributed by atoms with Crippen LogP contribution in [0.4, 0.5) is 0 Å². The van der Waals surface area contributed by atoms with Gasteiger partial charge in [-0.15, -0.1) is 0 Å². The molecule has 1 aliphatic rings. The molecule has 1 aromatic rings. The molecule has 0 amide bonds. The van der Waals surface area contributed by atoms with Crippen molar-refractivity contribution in [2.45, 2.75) is 69.1 Å². The number of ether oxygens (including phenoxy) is 1. The van der Waals surface area contributed by atoms with Gasteiger partial charge in [-0.05, 0) is 78.1 Å². The van der Waals surface area contributed by atoms with Gasteiger partial charge < -0.3 is 9.29 Å². The molecule has 0 saturated heterocycles. The highest BCUT2D eigenvalue weighted by Gasteiger charge is 2.40. The first-order valence-electron chi connectivity index (χ1n) is 11.5. The number of carbonyl (C=O) groups is 1. The van der Waals surface area contributed by atoms with E-state index in [4.69, 9.17) is 4.74 Å². The molecule has 3 atom stereocenters. The number of hydrogen-bond acceptors (Lipinski definition) is 6. The second-order valence-electron chi connectivity index (χ2n) is 9.54. The third kappa shape index (κ3) is 6.82. The van der Waals surface area contributed by atoms with Crippen LogP contribution in [0, 0.1) is 5.92 Å². The van der Waals surface area contributed by atoms with Crippen LogP contribution in [0.3, 0.4) is 0 Å². The molecular weight excluding hydrogens is 460 g/mol. The van der Waals surface area contributed by atoms with E-state index in [1.807, 2.05) is 36.4 Å². The quantitative estimate of drug-likeness (QED) is 0.403. The summed E-state index contributed by atoms with van der Waals surface area (Å²) in [5.41, 5.74) is 0.838. The zero-order valence-electron chi connectivity index (χ0n) is 20.7. The van der Waals surface area contributed by atoms with Gasteiger partial charge in [0.2, 0.25) is 10.0 Å². The van der Waals surface area contributed by atoms with E-state index in [2.05, 4.69) is 4.72 Å². The molecular formula is C24H39N2O5S2-. The summed E-state index contributed by atoms with van der Waals surface area (Å²) in [6, 6.07) is 8.22. The summed E-state index contributed by atoms with van der Waals surface area (Å²) in [5.74, 6) is -0.811. The number of nitrogens with one attached hydrogen (secondary N) is 1. The van der Waals surface area contributed by atoms with Crippen LogP contribution in [-0.4, -0.2) is 60.5 Å². The third-order valence-electron chi connectivity index (χ3n) is 5.95. The fourth-order valence-corrected chi connectivity index (χ4v) is 6.99. The predicted molar refractivity (Wildman–Crippen MR) is 134 cm³/mol. The molecule has 1 aromatic carbocycles. The molecule has 2 rings (SSSR count). The van der Waals surface area contributed by atoms with E-state index < -0.39 is 43.2 Å². The number of nitrogens with zero attached hydrogens (tertiary/aromatic N) is 1. The smallest absolute Gasteiger partial charge is 0.324 e. The lowest BCUT2D eigenvalue weighted by atomic mass is 9.89. The number of sulfonamides is 1. The van der Waals surface area contributed by atoms with Crippen LogP contribution in [0.5, 0.6) is 0 Å². The van der Waals surface area contributed by atoms with E-state index in [1.54, 1.807) is 46.1 Å². The largest absolute Gasteiger partial charge is 0.797 e. The fraction of sp³-hybridized carbons (Fsp3) is 0.625. The summed E-state index contributed by atoms with van der Waals surface area (Å²) < 4.78 is 48.8.